The van der Waals surface area contributed by atoms with E-state index in [1.165, 1.54) is 13.8 Å². The van der Waals surface area contributed by atoms with E-state index in [1.807, 2.05) is 0 Å². The fourth-order valence-electron chi connectivity index (χ4n) is 3.07. The lowest BCUT2D eigenvalue weighted by Crippen LogP contribution is -2.67. The van der Waals surface area contributed by atoms with Crippen LogP contribution in [0.1, 0.15) is 41.0 Å². The number of carbonyl (C=O) groups excluding carboxylic acids is 3. The minimum atomic E-state index is -2.42. The summed E-state index contributed by atoms with van der Waals surface area (Å²) >= 11 is 0. The highest BCUT2D eigenvalue weighted by atomic mass is 16.6. The van der Waals surface area contributed by atoms with Gasteiger partial charge in [-0.3, -0.25) is 14.5 Å². The maximum Gasteiger partial charge on any atom is 0.411 e. The molecular weight excluding hydrogens is 330 g/mol. The molecule has 1 rings (SSSR count). The third-order valence-electron chi connectivity index (χ3n) is 4.09. The van der Waals surface area contributed by atoms with E-state index < -0.39 is 52.8 Å². The Morgan fingerprint density at radius 2 is 1.68 bits per heavy atom. The summed E-state index contributed by atoms with van der Waals surface area (Å²) in [5, 5.41) is 9.88. The van der Waals surface area contributed by atoms with Crippen LogP contribution in [0.25, 0.3) is 0 Å². The number of carbonyl (C=O) groups is 4. The van der Waals surface area contributed by atoms with Crippen molar-refractivity contribution in [2.45, 2.75) is 64.3 Å². The van der Waals surface area contributed by atoms with Crippen LogP contribution in [0, 0.1) is 5.92 Å². The first-order chi connectivity index (χ1) is 11.3. The molecule has 5 N–H and O–H groups in total. The fourth-order valence-corrected chi connectivity index (χ4v) is 3.07. The van der Waals surface area contributed by atoms with Gasteiger partial charge in [0.1, 0.15) is 5.60 Å². The first-order valence-electron chi connectivity index (χ1n) is 8.10. The molecule has 25 heavy (non-hydrogen) atoms. The molecule has 1 amide bonds. The number of rotatable bonds is 5. The minimum absolute atomic E-state index is 0.00955. The van der Waals surface area contributed by atoms with E-state index in [9.17, 15) is 24.3 Å². The molecule has 1 fully saturated rings. The summed E-state index contributed by atoms with van der Waals surface area (Å²) in [7, 11) is 0. The molecule has 9 nitrogen and oxygen atoms in total. The number of hydrogen-bond acceptors (Lipinski definition) is 7. The van der Waals surface area contributed by atoms with Gasteiger partial charge in [0.05, 0.1) is 18.0 Å². The average molecular weight is 357 g/mol. The first-order valence-corrected chi connectivity index (χ1v) is 8.10. The van der Waals surface area contributed by atoms with Gasteiger partial charge in [-0.25, -0.2) is 9.59 Å². The van der Waals surface area contributed by atoms with Gasteiger partial charge in [0.15, 0.2) is 11.6 Å². The molecule has 0 aromatic carbocycles. The molecule has 0 radical (unpaired) electrons. The predicted molar refractivity (Wildman–Crippen MR) is 88.7 cm³/mol. The summed E-state index contributed by atoms with van der Waals surface area (Å²) in [5.41, 5.74) is 7.93. The molecule has 0 aromatic heterocycles. The molecule has 0 saturated carbocycles. The topological polar surface area (TPSA) is 153 Å². The maximum atomic E-state index is 12.8. The number of hydrogen-bond donors (Lipinski definition) is 3. The number of Topliss-reactive ketones (excluding diaryl/α,β-unsaturated/α-hetero) is 2. The number of ether oxygens (including phenoxy) is 1. The zero-order valence-electron chi connectivity index (χ0n) is 15.2. The van der Waals surface area contributed by atoms with Gasteiger partial charge in [-0.2, -0.15) is 0 Å². The number of ketones is 2. The summed E-state index contributed by atoms with van der Waals surface area (Å²) < 4.78 is 5.23. The lowest BCUT2D eigenvalue weighted by Gasteiger charge is -2.38. The van der Waals surface area contributed by atoms with Gasteiger partial charge in [-0.15, -0.1) is 0 Å². The molecule has 4 atom stereocenters. The molecule has 1 saturated heterocycles. The quantitative estimate of drug-likeness (QED) is 0.576. The van der Waals surface area contributed by atoms with E-state index in [-0.39, 0.29) is 13.0 Å². The van der Waals surface area contributed by atoms with Gasteiger partial charge >= 0.3 is 12.1 Å². The standard InChI is InChI=1S/C16H27N3O6/c1-8(17)11(20)10-6-7-19(14(24)25-15(3,4)5)16(10,13(22)23)12(21)9(2)18/h8-10H,6-7,17-18H2,1-5H3,(H,22,23). The molecular formula is C16H27N3O6. The molecule has 1 aliphatic heterocycles. The van der Waals surface area contributed by atoms with Crippen LogP contribution in [0.3, 0.4) is 0 Å². The van der Waals surface area contributed by atoms with Crippen molar-refractivity contribution < 1.29 is 29.0 Å². The summed E-state index contributed by atoms with van der Waals surface area (Å²) in [4.78, 5) is 50.8. The Hall–Kier alpha value is -2.00. The third kappa shape index (κ3) is 3.82. The number of amides is 1. The largest absolute Gasteiger partial charge is 0.479 e. The highest BCUT2D eigenvalue weighted by molar-refractivity contribution is 6.16. The van der Waals surface area contributed by atoms with Crippen molar-refractivity contribution >= 4 is 23.6 Å². The van der Waals surface area contributed by atoms with Crippen LogP contribution in [-0.2, 0) is 19.1 Å². The Labute approximate surface area is 146 Å². The van der Waals surface area contributed by atoms with Gasteiger partial charge < -0.3 is 21.3 Å². The summed E-state index contributed by atoms with van der Waals surface area (Å²) in [6, 6.07) is -2.18. The predicted octanol–water partition coefficient (Wildman–Crippen LogP) is -0.101. The second-order valence-electron chi connectivity index (χ2n) is 7.39. The number of aliphatic carboxylic acids is 1. The third-order valence-corrected chi connectivity index (χ3v) is 4.09. The molecule has 9 heteroatoms. The highest BCUT2D eigenvalue weighted by Crippen LogP contribution is 2.39. The monoisotopic (exact) mass is 357 g/mol. The van der Waals surface area contributed by atoms with Crippen molar-refractivity contribution in [2.75, 3.05) is 6.54 Å². The average Bonchev–Trinajstić information content (AvgIpc) is 2.84. The number of carboxylic acid groups (broad SMARTS) is 1. The van der Waals surface area contributed by atoms with Gasteiger partial charge in [-0.1, -0.05) is 0 Å². The van der Waals surface area contributed by atoms with E-state index >= 15 is 0 Å². The van der Waals surface area contributed by atoms with Gasteiger partial charge in [0, 0.05) is 6.54 Å². The van der Waals surface area contributed by atoms with Crippen molar-refractivity contribution in [1.29, 1.82) is 0 Å². The smallest absolute Gasteiger partial charge is 0.411 e. The van der Waals surface area contributed by atoms with E-state index in [2.05, 4.69) is 0 Å². The highest BCUT2D eigenvalue weighted by Gasteiger charge is 2.65. The lowest BCUT2D eigenvalue weighted by molar-refractivity contribution is -0.161. The molecule has 1 heterocycles. The van der Waals surface area contributed by atoms with Crippen LogP contribution < -0.4 is 11.5 Å². The summed E-state index contributed by atoms with van der Waals surface area (Å²) in [5.74, 6) is -4.43. The first kappa shape index (κ1) is 21.0. The molecule has 0 spiro atoms. The van der Waals surface area contributed by atoms with Crippen LogP contribution in [0.2, 0.25) is 0 Å². The maximum absolute atomic E-state index is 12.8. The van der Waals surface area contributed by atoms with Crippen LogP contribution in [-0.4, -0.2) is 63.4 Å². The lowest BCUT2D eigenvalue weighted by atomic mass is 9.75. The van der Waals surface area contributed by atoms with Crippen LogP contribution in [0.4, 0.5) is 4.79 Å². The van der Waals surface area contributed by atoms with Gasteiger partial charge in [0.2, 0.25) is 5.54 Å². The Bertz CT molecular complexity index is 581. The number of carboxylic acids is 1. The van der Waals surface area contributed by atoms with Crippen molar-refractivity contribution in [2.24, 2.45) is 17.4 Å². The van der Waals surface area contributed by atoms with E-state index in [0.29, 0.717) is 0 Å². The summed E-state index contributed by atoms with van der Waals surface area (Å²) in [6.45, 7) is 7.43. The number of nitrogens with zero attached hydrogens (tertiary/aromatic N) is 1. The second kappa shape index (κ2) is 7.09. The number of nitrogens with two attached hydrogens (primary N) is 2. The SMILES string of the molecule is CC(N)C(=O)C1CCN(C(=O)OC(C)(C)C)C1(C(=O)O)C(=O)C(C)N. The van der Waals surface area contributed by atoms with Crippen molar-refractivity contribution in [3.8, 4) is 0 Å². The molecule has 4 unspecified atom stereocenters. The number of likely N-dealkylation sites (tertiary alicyclic amines) is 1. The Kier molecular flexibility index (Phi) is 5.97. The molecule has 1 aliphatic rings. The second-order valence-corrected chi connectivity index (χ2v) is 7.39. The molecule has 0 aliphatic carbocycles. The van der Waals surface area contributed by atoms with Crippen LogP contribution >= 0.6 is 0 Å². The Balaban J connectivity index is 3.51. The Morgan fingerprint density at radius 1 is 1.16 bits per heavy atom. The molecule has 0 aromatic rings. The van der Waals surface area contributed by atoms with Crippen molar-refractivity contribution in [3.05, 3.63) is 0 Å². The zero-order chi connectivity index (χ0) is 19.7. The normalized spacial score (nSPS) is 26.0. The minimum Gasteiger partial charge on any atom is -0.479 e. The van der Waals surface area contributed by atoms with Crippen LogP contribution in [0.5, 0.6) is 0 Å². The van der Waals surface area contributed by atoms with Gasteiger partial charge in [-0.05, 0) is 41.0 Å². The van der Waals surface area contributed by atoms with Crippen molar-refractivity contribution in [3.63, 3.8) is 0 Å². The molecule has 0 bridgehead atoms. The fraction of sp³-hybridized carbons (Fsp3) is 0.750. The molecule has 142 valence electrons. The summed E-state index contributed by atoms with van der Waals surface area (Å²) in [6.07, 6.45) is -0.992. The van der Waals surface area contributed by atoms with E-state index in [1.54, 1.807) is 20.8 Å². The van der Waals surface area contributed by atoms with E-state index in [0.717, 1.165) is 4.90 Å². The van der Waals surface area contributed by atoms with Crippen LogP contribution in [0.15, 0.2) is 0 Å². The zero-order valence-corrected chi connectivity index (χ0v) is 15.2. The van der Waals surface area contributed by atoms with E-state index in [4.69, 9.17) is 16.2 Å². The van der Waals surface area contributed by atoms with Crippen molar-refractivity contribution in [1.82, 2.24) is 4.90 Å². The van der Waals surface area contributed by atoms with Gasteiger partial charge in [0.25, 0.3) is 0 Å². The Morgan fingerprint density at radius 3 is 2.04 bits per heavy atom.